The van der Waals surface area contributed by atoms with Crippen molar-refractivity contribution in [2.24, 2.45) is 0 Å². The van der Waals surface area contributed by atoms with Gasteiger partial charge in [-0.15, -0.1) is 0 Å². The van der Waals surface area contributed by atoms with Crippen LogP contribution >= 0.6 is 0 Å². The molecule has 1 aliphatic heterocycles. The molecule has 1 saturated heterocycles. The van der Waals surface area contributed by atoms with Crippen molar-refractivity contribution in [2.45, 2.75) is 12.2 Å². The molecule has 0 unspecified atom stereocenters. The van der Waals surface area contributed by atoms with Crippen LogP contribution in [0.1, 0.15) is 16.5 Å². The van der Waals surface area contributed by atoms with E-state index < -0.39 is 24.1 Å². The Morgan fingerprint density at radius 1 is 1.39 bits per heavy atom. The SMILES string of the molecule is O=C(O)c1ccn(C2CN(C(=O)C(F)(F)F)C2)n1. The number of carboxylic acid groups (broad SMARTS) is 1. The first-order valence-electron chi connectivity index (χ1n) is 4.93. The highest BCUT2D eigenvalue weighted by atomic mass is 19.4. The van der Waals surface area contributed by atoms with Gasteiger partial charge in [-0.1, -0.05) is 0 Å². The highest BCUT2D eigenvalue weighted by Crippen LogP contribution is 2.27. The second-order valence-electron chi connectivity index (χ2n) is 3.85. The van der Waals surface area contributed by atoms with E-state index in [0.717, 1.165) is 0 Å². The second kappa shape index (κ2) is 4.00. The summed E-state index contributed by atoms with van der Waals surface area (Å²) in [5.74, 6) is -3.10. The molecule has 9 heteroatoms. The first-order chi connectivity index (χ1) is 8.29. The monoisotopic (exact) mass is 263 g/mol. The molecule has 0 aromatic carbocycles. The smallest absolute Gasteiger partial charge is 0.471 e. The van der Waals surface area contributed by atoms with Crippen molar-refractivity contribution in [3.63, 3.8) is 0 Å². The van der Waals surface area contributed by atoms with Gasteiger partial charge in [0.2, 0.25) is 0 Å². The fourth-order valence-corrected chi connectivity index (χ4v) is 1.62. The third-order valence-electron chi connectivity index (χ3n) is 2.59. The molecule has 2 heterocycles. The lowest BCUT2D eigenvalue weighted by atomic mass is 10.1. The number of rotatable bonds is 2. The number of carbonyl (C=O) groups is 2. The quantitative estimate of drug-likeness (QED) is 0.844. The van der Waals surface area contributed by atoms with Gasteiger partial charge >= 0.3 is 18.1 Å². The summed E-state index contributed by atoms with van der Waals surface area (Å²) >= 11 is 0. The van der Waals surface area contributed by atoms with Crippen LogP contribution in [0.25, 0.3) is 0 Å². The Labute approximate surface area is 98.6 Å². The van der Waals surface area contributed by atoms with Gasteiger partial charge < -0.3 is 10.0 Å². The topological polar surface area (TPSA) is 75.4 Å². The minimum Gasteiger partial charge on any atom is -0.476 e. The van der Waals surface area contributed by atoms with E-state index >= 15 is 0 Å². The van der Waals surface area contributed by atoms with E-state index in [9.17, 15) is 22.8 Å². The summed E-state index contributed by atoms with van der Waals surface area (Å²) in [7, 11) is 0. The number of aromatic nitrogens is 2. The summed E-state index contributed by atoms with van der Waals surface area (Å²) in [6.45, 7) is -0.252. The molecule has 0 saturated carbocycles. The van der Waals surface area contributed by atoms with Crippen LogP contribution in [0, 0.1) is 0 Å². The Bertz CT molecular complexity index is 491. The summed E-state index contributed by atoms with van der Waals surface area (Å²) in [4.78, 5) is 22.0. The van der Waals surface area contributed by atoms with Gasteiger partial charge in [-0.05, 0) is 6.07 Å². The lowest BCUT2D eigenvalue weighted by molar-refractivity contribution is -0.191. The molecule has 98 valence electrons. The van der Waals surface area contributed by atoms with Crippen LogP contribution in [-0.4, -0.2) is 50.9 Å². The van der Waals surface area contributed by atoms with Crippen LogP contribution in [0.15, 0.2) is 12.3 Å². The van der Waals surface area contributed by atoms with Crippen molar-refractivity contribution in [2.75, 3.05) is 13.1 Å². The van der Waals surface area contributed by atoms with Gasteiger partial charge in [0.05, 0.1) is 6.04 Å². The van der Waals surface area contributed by atoms with E-state index in [2.05, 4.69) is 5.10 Å². The first kappa shape index (κ1) is 12.4. The minimum atomic E-state index is -4.87. The van der Waals surface area contributed by atoms with Crippen LogP contribution in [0.4, 0.5) is 13.2 Å². The molecule has 1 N–H and O–H groups in total. The van der Waals surface area contributed by atoms with E-state index in [1.807, 2.05) is 0 Å². The average molecular weight is 263 g/mol. The molecule has 1 fully saturated rings. The van der Waals surface area contributed by atoms with Gasteiger partial charge in [0.1, 0.15) is 0 Å². The molecule has 0 aliphatic carbocycles. The van der Waals surface area contributed by atoms with Gasteiger partial charge in [0.15, 0.2) is 5.69 Å². The van der Waals surface area contributed by atoms with Crippen molar-refractivity contribution < 1.29 is 27.9 Å². The number of halogens is 3. The maximum Gasteiger partial charge on any atom is 0.471 e. The Balaban J connectivity index is 1.96. The molecule has 1 amide bonds. The van der Waals surface area contributed by atoms with E-state index in [0.29, 0.717) is 4.90 Å². The van der Waals surface area contributed by atoms with Crippen LogP contribution in [0.5, 0.6) is 0 Å². The predicted octanol–water partition coefficient (Wildman–Crippen LogP) is 0.527. The fourth-order valence-electron chi connectivity index (χ4n) is 1.62. The predicted molar refractivity (Wildman–Crippen MR) is 50.9 cm³/mol. The number of aromatic carboxylic acids is 1. The van der Waals surface area contributed by atoms with Crippen molar-refractivity contribution >= 4 is 11.9 Å². The number of alkyl halides is 3. The van der Waals surface area contributed by atoms with Gasteiger partial charge in [-0.2, -0.15) is 18.3 Å². The highest BCUT2D eigenvalue weighted by Gasteiger charge is 2.47. The Kier molecular flexibility index (Phi) is 2.76. The normalized spacial score (nSPS) is 16.5. The van der Waals surface area contributed by atoms with Crippen LogP contribution in [-0.2, 0) is 4.79 Å². The van der Waals surface area contributed by atoms with Crippen molar-refractivity contribution in [3.05, 3.63) is 18.0 Å². The van der Waals surface area contributed by atoms with Gasteiger partial charge in [0, 0.05) is 19.3 Å². The molecule has 0 bridgehead atoms. The maximum atomic E-state index is 12.1. The molecule has 18 heavy (non-hydrogen) atoms. The molecule has 0 spiro atoms. The van der Waals surface area contributed by atoms with Crippen molar-refractivity contribution in [1.29, 1.82) is 0 Å². The Morgan fingerprint density at radius 3 is 2.44 bits per heavy atom. The van der Waals surface area contributed by atoms with E-state index in [-0.39, 0.29) is 18.8 Å². The Hall–Kier alpha value is -2.06. The molecule has 1 aliphatic rings. The zero-order chi connectivity index (χ0) is 13.5. The molecule has 2 rings (SSSR count). The summed E-state index contributed by atoms with van der Waals surface area (Å²) in [5, 5.41) is 12.3. The fraction of sp³-hybridized carbons (Fsp3) is 0.444. The zero-order valence-corrected chi connectivity index (χ0v) is 8.89. The number of likely N-dealkylation sites (tertiary alicyclic amines) is 1. The molecule has 0 radical (unpaired) electrons. The number of carboxylic acids is 1. The third-order valence-corrected chi connectivity index (χ3v) is 2.59. The van der Waals surface area contributed by atoms with Gasteiger partial charge in [-0.3, -0.25) is 9.48 Å². The lowest BCUT2D eigenvalue weighted by Crippen LogP contribution is -2.55. The molecule has 1 aromatic rings. The number of hydrogen-bond donors (Lipinski definition) is 1. The number of carbonyl (C=O) groups excluding carboxylic acids is 1. The Morgan fingerprint density at radius 2 is 2.00 bits per heavy atom. The summed E-state index contributed by atoms with van der Waals surface area (Å²) < 4.78 is 37.5. The summed E-state index contributed by atoms with van der Waals surface area (Å²) in [6, 6.07) is 0.834. The van der Waals surface area contributed by atoms with Gasteiger partial charge in [-0.25, -0.2) is 4.79 Å². The number of nitrogens with zero attached hydrogens (tertiary/aromatic N) is 3. The summed E-state index contributed by atoms with van der Waals surface area (Å²) in [6.07, 6.45) is -3.51. The van der Waals surface area contributed by atoms with Gasteiger partial charge in [0.25, 0.3) is 0 Å². The van der Waals surface area contributed by atoms with Crippen LogP contribution in [0.2, 0.25) is 0 Å². The average Bonchev–Trinajstić information content (AvgIpc) is 2.62. The number of amides is 1. The maximum absolute atomic E-state index is 12.1. The molecule has 6 nitrogen and oxygen atoms in total. The molecule has 1 aromatic heterocycles. The minimum absolute atomic E-state index is 0.126. The van der Waals surface area contributed by atoms with Crippen LogP contribution in [0.3, 0.4) is 0 Å². The van der Waals surface area contributed by atoms with E-state index in [4.69, 9.17) is 5.11 Å². The number of hydrogen-bond acceptors (Lipinski definition) is 3. The molecular formula is C9H8F3N3O3. The summed E-state index contributed by atoms with van der Waals surface area (Å²) in [5.41, 5.74) is -0.185. The first-order valence-corrected chi connectivity index (χ1v) is 4.93. The lowest BCUT2D eigenvalue weighted by Gasteiger charge is -2.39. The highest BCUT2D eigenvalue weighted by molar-refractivity contribution is 5.85. The third kappa shape index (κ3) is 2.15. The molecular weight excluding hydrogens is 255 g/mol. The second-order valence-corrected chi connectivity index (χ2v) is 3.85. The van der Waals surface area contributed by atoms with E-state index in [1.165, 1.54) is 16.9 Å². The molecule has 0 atom stereocenters. The van der Waals surface area contributed by atoms with Crippen molar-refractivity contribution in [3.8, 4) is 0 Å². The van der Waals surface area contributed by atoms with Crippen LogP contribution < -0.4 is 0 Å². The standard InChI is InChI=1S/C9H8F3N3O3/c10-9(11,12)8(18)14-3-5(4-14)15-2-1-6(13-15)7(16)17/h1-2,5H,3-4H2,(H,16,17). The van der Waals surface area contributed by atoms with Crippen molar-refractivity contribution in [1.82, 2.24) is 14.7 Å². The van der Waals surface area contributed by atoms with E-state index in [1.54, 1.807) is 0 Å². The zero-order valence-electron chi connectivity index (χ0n) is 8.89. The largest absolute Gasteiger partial charge is 0.476 e.